The third kappa shape index (κ3) is 4.76. The van der Waals surface area contributed by atoms with E-state index < -0.39 is 0 Å². The molecule has 1 aliphatic rings. The molecule has 2 N–H and O–H groups in total. The molecule has 0 radical (unpaired) electrons. The maximum Gasteiger partial charge on any atom is 0.251 e. The van der Waals surface area contributed by atoms with E-state index in [1.807, 2.05) is 0 Å². The molecule has 0 saturated carbocycles. The number of nitrogens with one attached hydrogen (secondary N) is 2. The van der Waals surface area contributed by atoms with Crippen LogP contribution in [0.3, 0.4) is 0 Å². The first-order chi connectivity index (χ1) is 9.28. The van der Waals surface area contributed by atoms with Crippen LogP contribution in [0.25, 0.3) is 0 Å². The molecule has 2 rings (SSSR count). The zero-order valence-corrected chi connectivity index (χ0v) is 11.6. The van der Waals surface area contributed by atoms with Gasteiger partial charge in [-0.25, -0.2) is 4.98 Å². The van der Waals surface area contributed by atoms with Crippen molar-refractivity contribution < 1.29 is 4.74 Å². The van der Waals surface area contributed by atoms with Crippen LogP contribution in [-0.4, -0.2) is 29.2 Å². The van der Waals surface area contributed by atoms with Crippen LogP contribution in [0, 0.1) is 0 Å². The quantitative estimate of drug-likeness (QED) is 0.763. The first kappa shape index (κ1) is 14.2. The molecule has 1 atom stereocenters. The molecule has 5 nitrogen and oxygen atoms in total. The molecule has 0 amide bonds. The van der Waals surface area contributed by atoms with Gasteiger partial charge >= 0.3 is 0 Å². The van der Waals surface area contributed by atoms with E-state index in [1.54, 1.807) is 6.07 Å². The predicted molar refractivity (Wildman–Crippen MR) is 74.2 cm³/mol. The molecule has 1 aliphatic heterocycles. The Kier molecular flexibility index (Phi) is 5.54. The lowest BCUT2D eigenvalue weighted by atomic mass is 10.1. The van der Waals surface area contributed by atoms with Crippen molar-refractivity contribution in [1.29, 1.82) is 0 Å². The number of hydrogen-bond acceptors (Lipinski definition) is 4. The lowest BCUT2D eigenvalue weighted by Crippen LogP contribution is -2.25. The molecule has 0 aromatic carbocycles. The van der Waals surface area contributed by atoms with Crippen LogP contribution in [0.5, 0.6) is 0 Å². The van der Waals surface area contributed by atoms with Crippen molar-refractivity contribution in [3.05, 3.63) is 27.9 Å². The largest absolute Gasteiger partial charge is 0.378 e. The fourth-order valence-electron chi connectivity index (χ4n) is 2.33. The minimum absolute atomic E-state index is 0.0749. The second-order valence-electron chi connectivity index (χ2n) is 5.05. The van der Waals surface area contributed by atoms with Crippen molar-refractivity contribution in [3.63, 3.8) is 0 Å². The minimum Gasteiger partial charge on any atom is -0.378 e. The average molecular weight is 265 g/mol. The standard InChI is InChI=1S/C14H23N3O2/c1-2-6-15-10-11-8-14(18)17-13(16-11)9-12-5-3-4-7-19-12/h8,12,15H,2-7,9-10H2,1H3,(H,16,17,18). The summed E-state index contributed by atoms with van der Waals surface area (Å²) in [6.45, 7) is 4.53. The summed E-state index contributed by atoms with van der Waals surface area (Å²) in [4.78, 5) is 18.9. The van der Waals surface area contributed by atoms with Crippen LogP contribution in [0.1, 0.15) is 44.1 Å². The molecule has 0 aliphatic carbocycles. The van der Waals surface area contributed by atoms with Crippen molar-refractivity contribution in [2.24, 2.45) is 0 Å². The first-order valence-electron chi connectivity index (χ1n) is 7.19. The van der Waals surface area contributed by atoms with Crippen LogP contribution in [0.2, 0.25) is 0 Å². The molecule has 19 heavy (non-hydrogen) atoms. The van der Waals surface area contributed by atoms with Crippen LogP contribution < -0.4 is 10.9 Å². The van der Waals surface area contributed by atoms with Crippen LogP contribution >= 0.6 is 0 Å². The summed E-state index contributed by atoms with van der Waals surface area (Å²) in [5.41, 5.74) is 0.733. The molecule has 1 aromatic heterocycles. The van der Waals surface area contributed by atoms with E-state index in [2.05, 4.69) is 22.2 Å². The molecule has 2 heterocycles. The van der Waals surface area contributed by atoms with Gasteiger partial charge in [0.15, 0.2) is 0 Å². The van der Waals surface area contributed by atoms with E-state index >= 15 is 0 Å². The highest BCUT2D eigenvalue weighted by molar-refractivity contribution is 5.03. The van der Waals surface area contributed by atoms with Crippen molar-refractivity contribution >= 4 is 0 Å². The van der Waals surface area contributed by atoms with E-state index in [9.17, 15) is 4.79 Å². The highest BCUT2D eigenvalue weighted by Gasteiger charge is 2.15. The van der Waals surface area contributed by atoms with Gasteiger partial charge in [0.2, 0.25) is 0 Å². The molecule has 1 unspecified atom stereocenters. The average Bonchev–Trinajstić information content (AvgIpc) is 2.39. The lowest BCUT2D eigenvalue weighted by molar-refractivity contribution is 0.0156. The zero-order chi connectivity index (χ0) is 13.5. The summed E-state index contributed by atoms with van der Waals surface area (Å²) in [6, 6.07) is 1.56. The summed E-state index contributed by atoms with van der Waals surface area (Å²) in [7, 11) is 0. The van der Waals surface area contributed by atoms with Crippen molar-refractivity contribution in [2.45, 2.75) is 51.7 Å². The molecule has 1 fully saturated rings. The minimum atomic E-state index is -0.0749. The Hall–Kier alpha value is -1.20. The fraction of sp³-hybridized carbons (Fsp3) is 0.714. The number of aromatic nitrogens is 2. The third-order valence-corrected chi connectivity index (χ3v) is 3.27. The molecular weight excluding hydrogens is 242 g/mol. The number of aromatic amines is 1. The zero-order valence-electron chi connectivity index (χ0n) is 11.6. The Morgan fingerprint density at radius 3 is 3.16 bits per heavy atom. The van der Waals surface area contributed by atoms with Gasteiger partial charge in [-0.15, -0.1) is 0 Å². The summed E-state index contributed by atoms with van der Waals surface area (Å²) in [5, 5.41) is 3.26. The second-order valence-corrected chi connectivity index (χ2v) is 5.05. The number of H-pyrrole nitrogens is 1. The van der Waals surface area contributed by atoms with Gasteiger partial charge in [-0.2, -0.15) is 0 Å². The molecule has 106 valence electrons. The Morgan fingerprint density at radius 1 is 1.53 bits per heavy atom. The highest BCUT2D eigenvalue weighted by Crippen LogP contribution is 2.15. The summed E-state index contributed by atoms with van der Waals surface area (Å²) in [6.07, 6.45) is 5.38. The molecule has 1 aromatic rings. The van der Waals surface area contributed by atoms with Crippen LogP contribution in [0.4, 0.5) is 0 Å². The van der Waals surface area contributed by atoms with Gasteiger partial charge in [-0.1, -0.05) is 6.92 Å². The summed E-state index contributed by atoms with van der Waals surface area (Å²) >= 11 is 0. The fourth-order valence-corrected chi connectivity index (χ4v) is 2.33. The van der Waals surface area contributed by atoms with Gasteiger partial charge < -0.3 is 15.0 Å². The third-order valence-electron chi connectivity index (χ3n) is 3.27. The van der Waals surface area contributed by atoms with Gasteiger partial charge in [-0.3, -0.25) is 4.79 Å². The molecule has 1 saturated heterocycles. The Morgan fingerprint density at radius 2 is 2.42 bits per heavy atom. The maximum absolute atomic E-state index is 11.6. The van der Waals surface area contributed by atoms with Crippen molar-refractivity contribution in [1.82, 2.24) is 15.3 Å². The number of nitrogens with zero attached hydrogens (tertiary/aromatic N) is 1. The highest BCUT2D eigenvalue weighted by atomic mass is 16.5. The maximum atomic E-state index is 11.6. The summed E-state index contributed by atoms with van der Waals surface area (Å²) in [5.74, 6) is 0.743. The van der Waals surface area contributed by atoms with Gasteiger partial charge in [0.25, 0.3) is 5.56 Å². The van der Waals surface area contributed by atoms with E-state index in [0.717, 1.165) is 43.9 Å². The predicted octanol–water partition coefficient (Wildman–Crippen LogP) is 1.38. The summed E-state index contributed by atoms with van der Waals surface area (Å²) < 4.78 is 5.68. The normalized spacial score (nSPS) is 19.5. The van der Waals surface area contributed by atoms with Gasteiger partial charge in [-0.05, 0) is 32.2 Å². The topological polar surface area (TPSA) is 67.0 Å². The van der Waals surface area contributed by atoms with Gasteiger partial charge in [0.05, 0.1) is 11.8 Å². The molecule has 0 bridgehead atoms. The Bertz CT molecular complexity index is 439. The van der Waals surface area contributed by atoms with E-state index in [0.29, 0.717) is 13.0 Å². The van der Waals surface area contributed by atoms with Crippen LogP contribution in [0.15, 0.2) is 10.9 Å². The SMILES string of the molecule is CCCNCc1cc(=O)[nH]c(CC2CCCCO2)n1. The number of ether oxygens (including phenoxy) is 1. The Labute approximate surface area is 113 Å². The van der Waals surface area contributed by atoms with Crippen molar-refractivity contribution in [2.75, 3.05) is 13.2 Å². The Balaban J connectivity index is 1.97. The molecule has 5 heteroatoms. The second kappa shape index (κ2) is 7.40. The smallest absolute Gasteiger partial charge is 0.251 e. The van der Waals surface area contributed by atoms with E-state index in [-0.39, 0.29) is 11.7 Å². The van der Waals surface area contributed by atoms with E-state index in [4.69, 9.17) is 4.74 Å². The molecule has 0 spiro atoms. The van der Waals surface area contributed by atoms with Gasteiger partial charge in [0, 0.05) is 25.6 Å². The van der Waals surface area contributed by atoms with Crippen LogP contribution in [-0.2, 0) is 17.7 Å². The van der Waals surface area contributed by atoms with E-state index in [1.165, 1.54) is 6.42 Å². The number of hydrogen-bond donors (Lipinski definition) is 2. The molecular formula is C14H23N3O2. The number of rotatable bonds is 6. The van der Waals surface area contributed by atoms with Gasteiger partial charge in [0.1, 0.15) is 5.82 Å². The monoisotopic (exact) mass is 265 g/mol. The van der Waals surface area contributed by atoms with Crippen molar-refractivity contribution in [3.8, 4) is 0 Å². The first-order valence-corrected chi connectivity index (χ1v) is 7.19. The lowest BCUT2D eigenvalue weighted by Gasteiger charge is -2.22.